The fourth-order valence-corrected chi connectivity index (χ4v) is 2.95. The summed E-state index contributed by atoms with van der Waals surface area (Å²) >= 11 is 5.87. The van der Waals surface area contributed by atoms with E-state index in [1.807, 2.05) is 37.3 Å². The number of methoxy groups -OCH3 is 1. The number of nitrogens with one attached hydrogen (secondary N) is 2. The van der Waals surface area contributed by atoms with Crippen LogP contribution in [0.2, 0.25) is 5.02 Å². The van der Waals surface area contributed by atoms with E-state index in [9.17, 15) is 14.4 Å². The van der Waals surface area contributed by atoms with Crippen LogP contribution >= 0.6 is 11.6 Å². The van der Waals surface area contributed by atoms with Gasteiger partial charge in [-0.3, -0.25) is 9.59 Å². The van der Waals surface area contributed by atoms with Gasteiger partial charge in [-0.2, -0.15) is 0 Å². The molecule has 0 bridgehead atoms. The van der Waals surface area contributed by atoms with E-state index < -0.39 is 17.9 Å². The van der Waals surface area contributed by atoms with Gasteiger partial charge in [-0.05, 0) is 30.2 Å². The molecule has 2 aromatic rings. The van der Waals surface area contributed by atoms with Gasteiger partial charge in [0.15, 0.2) is 0 Å². The predicted molar refractivity (Wildman–Crippen MR) is 111 cm³/mol. The molecule has 0 fully saturated rings. The van der Waals surface area contributed by atoms with Crippen molar-refractivity contribution in [2.24, 2.45) is 0 Å². The minimum atomic E-state index is -0.833. The molecule has 0 heterocycles. The SMILES string of the molecule is COC(=O)[C@@H](Cc1ccc(Cl)cc1)NC(=O)CCC(=O)N[C@H](C)c1ccccc1. The summed E-state index contributed by atoms with van der Waals surface area (Å²) in [5.41, 5.74) is 1.82. The maximum absolute atomic E-state index is 12.3. The molecule has 2 atom stereocenters. The first kappa shape index (κ1) is 22.4. The van der Waals surface area contributed by atoms with Crippen molar-refractivity contribution in [2.45, 2.75) is 38.3 Å². The Kier molecular flexibility index (Phi) is 8.68. The molecule has 0 radical (unpaired) electrons. The van der Waals surface area contributed by atoms with Gasteiger partial charge in [0.2, 0.25) is 11.8 Å². The van der Waals surface area contributed by atoms with Crippen LogP contribution in [0.25, 0.3) is 0 Å². The second kappa shape index (κ2) is 11.2. The number of carbonyl (C=O) groups excluding carboxylic acids is 3. The molecule has 0 spiro atoms. The molecular formula is C22H25ClN2O4. The number of rotatable bonds is 9. The van der Waals surface area contributed by atoms with E-state index in [0.717, 1.165) is 11.1 Å². The minimum absolute atomic E-state index is 0.0256. The van der Waals surface area contributed by atoms with E-state index in [-0.39, 0.29) is 31.2 Å². The molecule has 29 heavy (non-hydrogen) atoms. The largest absolute Gasteiger partial charge is 0.467 e. The number of amides is 2. The lowest BCUT2D eigenvalue weighted by Gasteiger charge is -2.17. The Morgan fingerprint density at radius 1 is 0.931 bits per heavy atom. The van der Waals surface area contributed by atoms with Crippen LogP contribution in [0.15, 0.2) is 54.6 Å². The average Bonchev–Trinajstić information content (AvgIpc) is 2.73. The van der Waals surface area contributed by atoms with Crippen LogP contribution in [0.1, 0.15) is 36.9 Å². The van der Waals surface area contributed by atoms with E-state index >= 15 is 0 Å². The lowest BCUT2D eigenvalue weighted by molar-refractivity contribution is -0.145. The van der Waals surface area contributed by atoms with E-state index in [1.54, 1.807) is 24.3 Å². The van der Waals surface area contributed by atoms with Gasteiger partial charge in [0.1, 0.15) is 6.04 Å². The van der Waals surface area contributed by atoms with Crippen molar-refractivity contribution in [3.63, 3.8) is 0 Å². The van der Waals surface area contributed by atoms with Crippen molar-refractivity contribution in [3.05, 3.63) is 70.7 Å². The van der Waals surface area contributed by atoms with Gasteiger partial charge in [0.25, 0.3) is 0 Å². The minimum Gasteiger partial charge on any atom is -0.467 e. The zero-order valence-corrected chi connectivity index (χ0v) is 17.2. The molecule has 6 nitrogen and oxygen atoms in total. The molecule has 0 unspecified atom stereocenters. The topological polar surface area (TPSA) is 84.5 Å². The number of halogens is 1. The first-order valence-corrected chi connectivity index (χ1v) is 9.72. The van der Waals surface area contributed by atoms with Gasteiger partial charge in [-0.15, -0.1) is 0 Å². The van der Waals surface area contributed by atoms with Crippen molar-refractivity contribution in [3.8, 4) is 0 Å². The highest BCUT2D eigenvalue weighted by atomic mass is 35.5. The number of hydrogen-bond donors (Lipinski definition) is 2. The third-order valence-corrected chi connectivity index (χ3v) is 4.68. The van der Waals surface area contributed by atoms with Gasteiger partial charge in [0, 0.05) is 24.3 Å². The highest BCUT2D eigenvalue weighted by molar-refractivity contribution is 6.30. The molecule has 0 saturated carbocycles. The molecule has 7 heteroatoms. The molecule has 0 saturated heterocycles. The Hall–Kier alpha value is -2.86. The molecule has 0 aromatic heterocycles. The summed E-state index contributed by atoms with van der Waals surface area (Å²) in [7, 11) is 1.27. The molecule has 2 aromatic carbocycles. The number of carbonyl (C=O) groups is 3. The van der Waals surface area contributed by atoms with Crippen molar-refractivity contribution in [2.75, 3.05) is 7.11 Å². The van der Waals surface area contributed by atoms with Gasteiger partial charge in [-0.1, -0.05) is 54.1 Å². The first-order valence-electron chi connectivity index (χ1n) is 9.35. The lowest BCUT2D eigenvalue weighted by Crippen LogP contribution is -2.43. The standard InChI is InChI=1S/C22H25ClN2O4/c1-15(17-6-4-3-5-7-17)24-20(26)12-13-21(27)25-19(22(28)29-2)14-16-8-10-18(23)11-9-16/h3-11,15,19H,12-14H2,1-2H3,(H,24,26)(H,25,27)/t15-,19-/m1/s1. The van der Waals surface area contributed by atoms with Gasteiger partial charge in [-0.25, -0.2) is 4.79 Å². The third-order valence-electron chi connectivity index (χ3n) is 4.43. The van der Waals surface area contributed by atoms with Crippen LogP contribution in [0.4, 0.5) is 0 Å². The summed E-state index contributed by atoms with van der Waals surface area (Å²) in [5, 5.41) is 6.09. The first-order chi connectivity index (χ1) is 13.9. The van der Waals surface area contributed by atoms with Crippen molar-refractivity contribution >= 4 is 29.4 Å². The maximum Gasteiger partial charge on any atom is 0.328 e. The summed E-state index contributed by atoms with van der Waals surface area (Å²) in [6.45, 7) is 1.88. The van der Waals surface area contributed by atoms with Crippen LogP contribution < -0.4 is 10.6 Å². The van der Waals surface area contributed by atoms with E-state index in [1.165, 1.54) is 7.11 Å². The van der Waals surface area contributed by atoms with Crippen LogP contribution in [0.3, 0.4) is 0 Å². The Morgan fingerprint density at radius 3 is 2.10 bits per heavy atom. The summed E-state index contributed by atoms with van der Waals surface area (Å²) in [6.07, 6.45) is 0.270. The number of esters is 1. The zero-order chi connectivity index (χ0) is 21.2. The maximum atomic E-state index is 12.3. The molecule has 0 aliphatic heterocycles. The van der Waals surface area contributed by atoms with Crippen molar-refractivity contribution in [1.82, 2.24) is 10.6 Å². The van der Waals surface area contributed by atoms with Crippen LogP contribution in [-0.2, 0) is 25.5 Å². The summed E-state index contributed by atoms with van der Waals surface area (Å²) in [5.74, 6) is -1.17. The van der Waals surface area contributed by atoms with Gasteiger partial charge < -0.3 is 15.4 Å². The highest BCUT2D eigenvalue weighted by Gasteiger charge is 2.22. The number of hydrogen-bond acceptors (Lipinski definition) is 4. The molecule has 0 aliphatic carbocycles. The Labute approximate surface area is 175 Å². The summed E-state index contributed by atoms with van der Waals surface area (Å²) < 4.78 is 4.78. The monoisotopic (exact) mass is 416 g/mol. The molecule has 2 N–H and O–H groups in total. The molecular weight excluding hydrogens is 392 g/mol. The van der Waals surface area contributed by atoms with Gasteiger partial charge >= 0.3 is 5.97 Å². The average molecular weight is 417 g/mol. The summed E-state index contributed by atoms with van der Waals surface area (Å²) in [6, 6.07) is 15.6. The van der Waals surface area contributed by atoms with Gasteiger partial charge in [0.05, 0.1) is 13.2 Å². The highest BCUT2D eigenvalue weighted by Crippen LogP contribution is 2.13. The number of benzene rings is 2. The van der Waals surface area contributed by atoms with Crippen molar-refractivity contribution in [1.29, 1.82) is 0 Å². The van der Waals surface area contributed by atoms with Crippen molar-refractivity contribution < 1.29 is 19.1 Å². The molecule has 0 aliphatic rings. The molecule has 2 amide bonds. The fourth-order valence-electron chi connectivity index (χ4n) is 2.82. The lowest BCUT2D eigenvalue weighted by atomic mass is 10.1. The van der Waals surface area contributed by atoms with Crippen LogP contribution in [-0.4, -0.2) is 30.9 Å². The number of ether oxygens (including phenoxy) is 1. The third kappa shape index (κ3) is 7.58. The zero-order valence-electron chi connectivity index (χ0n) is 16.5. The van der Waals surface area contributed by atoms with E-state index in [4.69, 9.17) is 16.3 Å². The normalized spacial score (nSPS) is 12.5. The Bertz CT molecular complexity index is 824. The van der Waals surface area contributed by atoms with Crippen LogP contribution in [0.5, 0.6) is 0 Å². The Morgan fingerprint density at radius 2 is 1.52 bits per heavy atom. The second-order valence-electron chi connectivity index (χ2n) is 6.67. The van der Waals surface area contributed by atoms with Crippen LogP contribution in [0, 0.1) is 0 Å². The van der Waals surface area contributed by atoms with E-state index in [0.29, 0.717) is 5.02 Å². The Balaban J connectivity index is 1.85. The quantitative estimate of drug-likeness (QED) is 0.615. The fraction of sp³-hybridized carbons (Fsp3) is 0.318. The predicted octanol–water partition coefficient (Wildman–Crippen LogP) is 3.20. The molecule has 2 rings (SSSR count). The smallest absolute Gasteiger partial charge is 0.328 e. The second-order valence-corrected chi connectivity index (χ2v) is 7.11. The van der Waals surface area contributed by atoms with E-state index in [2.05, 4.69) is 10.6 Å². The molecule has 154 valence electrons. The summed E-state index contributed by atoms with van der Waals surface area (Å²) in [4.78, 5) is 36.4.